The Morgan fingerprint density at radius 3 is 2.15 bits per heavy atom. The van der Waals surface area contributed by atoms with Crippen LogP contribution in [0.15, 0.2) is 54.7 Å². The van der Waals surface area contributed by atoms with E-state index in [9.17, 15) is 23.2 Å². The summed E-state index contributed by atoms with van der Waals surface area (Å²) in [5, 5.41) is 0. The Hall–Kier alpha value is -4.34. The third kappa shape index (κ3) is 7.16. The second kappa shape index (κ2) is 12.9. The molecule has 3 rings (SSSR count). The summed E-state index contributed by atoms with van der Waals surface area (Å²) >= 11 is 0. The van der Waals surface area contributed by atoms with Gasteiger partial charge >= 0.3 is 11.9 Å². The van der Waals surface area contributed by atoms with E-state index in [2.05, 4.69) is 4.98 Å². The molecule has 0 saturated carbocycles. The monoisotopic (exact) mass is 541 g/mol. The predicted molar refractivity (Wildman–Crippen MR) is 137 cm³/mol. The molecule has 39 heavy (non-hydrogen) atoms. The van der Waals surface area contributed by atoms with Crippen LogP contribution in [0, 0.1) is 17.6 Å². The van der Waals surface area contributed by atoms with Crippen molar-refractivity contribution in [2.45, 2.75) is 39.2 Å². The molecule has 0 saturated heterocycles. The van der Waals surface area contributed by atoms with E-state index in [1.807, 2.05) is 0 Å². The molecule has 0 N–H and O–H groups in total. The molecule has 3 aromatic rings. The molecule has 2 aromatic carbocycles. The number of ether oxygens (including phenoxy) is 4. The number of benzene rings is 2. The van der Waals surface area contributed by atoms with Gasteiger partial charge in [0.05, 0.1) is 20.1 Å². The summed E-state index contributed by atoms with van der Waals surface area (Å²) in [5.41, 5.74) is 0.982. The molecule has 0 spiro atoms. The van der Waals surface area contributed by atoms with Gasteiger partial charge < -0.3 is 18.9 Å². The first-order chi connectivity index (χ1) is 18.5. The van der Waals surface area contributed by atoms with Crippen molar-refractivity contribution in [3.05, 3.63) is 83.2 Å². The van der Waals surface area contributed by atoms with Crippen molar-refractivity contribution in [2.75, 3.05) is 14.2 Å². The SMILES string of the molecule is COc1cc(F)ccc1[C@H](c1ccc(F)cc1)[C@H](C)OC(=O)[C@H](C)CC(=O)c1nccc(OC)c1OC(C)=O. The normalized spacial score (nSPS) is 13.1. The highest BCUT2D eigenvalue weighted by Crippen LogP contribution is 2.37. The lowest BCUT2D eigenvalue weighted by Crippen LogP contribution is -2.28. The summed E-state index contributed by atoms with van der Waals surface area (Å²) in [5.74, 6) is -4.15. The number of ketones is 1. The van der Waals surface area contributed by atoms with Crippen LogP contribution in [-0.4, -0.2) is 43.0 Å². The molecule has 0 aliphatic carbocycles. The minimum Gasteiger partial charge on any atom is -0.496 e. The Labute approximate surface area is 224 Å². The number of pyridine rings is 1. The Bertz CT molecular complexity index is 1340. The summed E-state index contributed by atoms with van der Waals surface area (Å²) in [6.07, 6.45) is 0.223. The lowest BCUT2D eigenvalue weighted by Gasteiger charge is -2.27. The molecule has 0 aliphatic rings. The summed E-state index contributed by atoms with van der Waals surface area (Å²) in [6, 6.07) is 11.1. The lowest BCUT2D eigenvalue weighted by atomic mass is 9.86. The van der Waals surface area contributed by atoms with E-state index in [4.69, 9.17) is 18.9 Å². The number of esters is 2. The van der Waals surface area contributed by atoms with E-state index < -0.39 is 47.3 Å². The van der Waals surface area contributed by atoms with Crippen LogP contribution in [0.25, 0.3) is 0 Å². The number of methoxy groups -OCH3 is 2. The number of aromatic nitrogens is 1. The van der Waals surface area contributed by atoms with E-state index in [0.717, 1.165) is 0 Å². The summed E-state index contributed by atoms with van der Waals surface area (Å²) in [4.78, 5) is 41.7. The molecule has 1 heterocycles. The molecular formula is C29H29F2NO7. The smallest absolute Gasteiger partial charge is 0.309 e. The van der Waals surface area contributed by atoms with Crippen LogP contribution in [-0.2, 0) is 14.3 Å². The van der Waals surface area contributed by atoms with Crippen molar-refractivity contribution in [1.29, 1.82) is 0 Å². The maximum absolute atomic E-state index is 13.9. The van der Waals surface area contributed by atoms with Crippen molar-refractivity contribution >= 4 is 17.7 Å². The molecule has 3 atom stereocenters. The number of Topliss-reactive ketones (excluding diaryl/α,β-unsaturated/α-hetero) is 1. The second-order valence-electron chi connectivity index (χ2n) is 8.87. The van der Waals surface area contributed by atoms with Crippen LogP contribution in [0.4, 0.5) is 8.78 Å². The van der Waals surface area contributed by atoms with Crippen LogP contribution in [0.5, 0.6) is 17.2 Å². The van der Waals surface area contributed by atoms with Gasteiger partial charge in [0.1, 0.15) is 23.5 Å². The largest absolute Gasteiger partial charge is 0.496 e. The number of carbonyl (C=O) groups excluding carboxylic acids is 3. The Balaban J connectivity index is 1.84. The van der Waals surface area contributed by atoms with E-state index in [0.29, 0.717) is 11.1 Å². The number of carbonyl (C=O) groups is 3. The van der Waals surface area contributed by atoms with Gasteiger partial charge in [-0.15, -0.1) is 0 Å². The zero-order chi connectivity index (χ0) is 28.7. The topological polar surface area (TPSA) is 101 Å². The number of rotatable bonds is 11. The molecule has 0 radical (unpaired) electrons. The van der Waals surface area contributed by atoms with Gasteiger partial charge in [-0.1, -0.05) is 25.1 Å². The third-order valence-corrected chi connectivity index (χ3v) is 6.02. The molecule has 1 aromatic heterocycles. The fraction of sp³-hybridized carbons (Fsp3) is 0.310. The summed E-state index contributed by atoms with van der Waals surface area (Å²) < 4.78 is 49.0. The third-order valence-electron chi connectivity index (χ3n) is 6.02. The molecule has 0 unspecified atom stereocenters. The molecule has 8 nitrogen and oxygen atoms in total. The Morgan fingerprint density at radius 1 is 0.897 bits per heavy atom. The Morgan fingerprint density at radius 2 is 1.54 bits per heavy atom. The van der Waals surface area contributed by atoms with Crippen molar-refractivity contribution in [2.24, 2.45) is 5.92 Å². The van der Waals surface area contributed by atoms with Crippen LogP contribution in [0.3, 0.4) is 0 Å². The zero-order valence-electron chi connectivity index (χ0n) is 22.2. The fourth-order valence-electron chi connectivity index (χ4n) is 4.17. The minimum absolute atomic E-state index is 0.133. The highest BCUT2D eigenvalue weighted by molar-refractivity contribution is 5.99. The molecule has 0 amide bonds. The first-order valence-corrected chi connectivity index (χ1v) is 12.1. The van der Waals surface area contributed by atoms with Crippen LogP contribution >= 0.6 is 0 Å². The first-order valence-electron chi connectivity index (χ1n) is 12.1. The van der Waals surface area contributed by atoms with Crippen LogP contribution in [0.1, 0.15) is 54.7 Å². The van der Waals surface area contributed by atoms with Crippen molar-refractivity contribution in [3.63, 3.8) is 0 Å². The average molecular weight is 542 g/mol. The zero-order valence-corrected chi connectivity index (χ0v) is 22.2. The average Bonchev–Trinajstić information content (AvgIpc) is 2.90. The molecule has 0 bridgehead atoms. The van der Waals surface area contributed by atoms with Gasteiger partial charge in [0.25, 0.3) is 0 Å². The molecule has 0 fully saturated rings. The standard InChI is InChI=1S/C29H29F2NO7/c1-16(14-23(34)27-28(39-18(3)33)24(36-4)12-13-32-27)29(35)38-17(2)26(19-6-8-20(30)9-7-19)22-11-10-21(31)15-25(22)37-5/h6-13,15-17,26H,14H2,1-5H3/t16-,17+,26+/m1/s1. The van der Waals surface area contributed by atoms with E-state index in [1.54, 1.807) is 19.1 Å². The maximum Gasteiger partial charge on any atom is 0.309 e. The highest BCUT2D eigenvalue weighted by Gasteiger charge is 2.31. The van der Waals surface area contributed by atoms with Gasteiger partial charge in [-0.25, -0.2) is 13.8 Å². The Kier molecular flexibility index (Phi) is 9.70. The van der Waals surface area contributed by atoms with Gasteiger partial charge in [0, 0.05) is 43.2 Å². The van der Waals surface area contributed by atoms with Gasteiger partial charge in [-0.2, -0.15) is 0 Å². The molecule has 10 heteroatoms. The minimum atomic E-state index is -0.901. The quantitative estimate of drug-likeness (QED) is 0.239. The van der Waals surface area contributed by atoms with Gasteiger partial charge in [0.15, 0.2) is 17.2 Å². The van der Waals surface area contributed by atoms with E-state index in [-0.39, 0.29) is 29.4 Å². The first kappa shape index (κ1) is 29.2. The molecule has 0 aliphatic heterocycles. The number of halogens is 2. The van der Waals surface area contributed by atoms with Crippen molar-refractivity contribution in [1.82, 2.24) is 4.98 Å². The molecular weight excluding hydrogens is 512 g/mol. The number of nitrogens with zero attached hydrogens (tertiary/aromatic N) is 1. The predicted octanol–water partition coefficient (Wildman–Crippen LogP) is 5.28. The van der Waals surface area contributed by atoms with Crippen LogP contribution in [0.2, 0.25) is 0 Å². The van der Waals surface area contributed by atoms with Gasteiger partial charge in [-0.3, -0.25) is 14.4 Å². The number of hydrogen-bond acceptors (Lipinski definition) is 8. The summed E-state index contributed by atoms with van der Waals surface area (Å²) in [7, 11) is 2.74. The van der Waals surface area contributed by atoms with Crippen molar-refractivity contribution in [3.8, 4) is 17.2 Å². The fourth-order valence-corrected chi connectivity index (χ4v) is 4.17. The second-order valence-corrected chi connectivity index (χ2v) is 8.87. The van der Waals surface area contributed by atoms with Crippen LogP contribution < -0.4 is 14.2 Å². The maximum atomic E-state index is 13.9. The highest BCUT2D eigenvalue weighted by atomic mass is 19.1. The molecule has 206 valence electrons. The van der Waals surface area contributed by atoms with E-state index in [1.165, 1.54) is 70.7 Å². The summed E-state index contributed by atoms with van der Waals surface area (Å²) in [6.45, 7) is 4.34. The number of hydrogen-bond donors (Lipinski definition) is 0. The van der Waals surface area contributed by atoms with Crippen molar-refractivity contribution < 1.29 is 42.1 Å². The van der Waals surface area contributed by atoms with Gasteiger partial charge in [0.2, 0.25) is 5.75 Å². The lowest BCUT2D eigenvalue weighted by molar-refractivity contribution is -0.153. The van der Waals surface area contributed by atoms with E-state index >= 15 is 0 Å². The van der Waals surface area contributed by atoms with Gasteiger partial charge in [-0.05, 0) is 30.7 Å².